The molecule has 0 aliphatic heterocycles. The Hall–Kier alpha value is -2.52. The zero-order valence-corrected chi connectivity index (χ0v) is 19.6. The molecule has 3 unspecified atom stereocenters. The fourth-order valence-corrected chi connectivity index (χ4v) is 5.40. The van der Waals surface area contributed by atoms with Gasteiger partial charge in [0.15, 0.2) is 0 Å². The van der Waals surface area contributed by atoms with Gasteiger partial charge in [-0.3, -0.25) is 14.0 Å². The number of nitrogens with one attached hydrogen (secondary N) is 1. The summed E-state index contributed by atoms with van der Waals surface area (Å²) in [5.74, 6) is 1.48. The number of aromatic nitrogens is 1. The van der Waals surface area contributed by atoms with Crippen molar-refractivity contribution < 1.29 is 26.5 Å². The summed E-state index contributed by atoms with van der Waals surface area (Å²) in [6.45, 7) is 6.06. The topological polar surface area (TPSA) is 94.6 Å². The van der Waals surface area contributed by atoms with E-state index in [1.807, 2.05) is 6.92 Å². The molecule has 7 nitrogen and oxygen atoms in total. The largest absolute Gasteiger partial charge is 0.490 e. The molecule has 0 radical (unpaired) electrons. The van der Waals surface area contributed by atoms with Gasteiger partial charge in [0.05, 0.1) is 24.5 Å². The molecule has 178 valence electrons. The lowest BCUT2D eigenvalue weighted by atomic mass is 9.97. The van der Waals surface area contributed by atoms with Crippen LogP contribution >= 0.6 is 0 Å². The van der Waals surface area contributed by atoms with Crippen molar-refractivity contribution in [3.05, 3.63) is 48.4 Å². The minimum Gasteiger partial charge on any atom is -0.490 e. The number of halogens is 1. The average molecular weight is 477 g/mol. The van der Waals surface area contributed by atoms with E-state index in [2.05, 4.69) is 16.9 Å². The number of carbonyl (C=O) groups is 1. The van der Waals surface area contributed by atoms with Crippen molar-refractivity contribution in [1.82, 2.24) is 10.3 Å². The molecule has 9 heteroatoms. The maximum Gasteiger partial charge on any atom is 0.264 e. The third-order valence-corrected chi connectivity index (χ3v) is 7.22. The van der Waals surface area contributed by atoms with E-state index in [9.17, 15) is 17.6 Å². The normalized spacial score (nSPS) is 24.8. The van der Waals surface area contributed by atoms with E-state index in [-0.39, 0.29) is 30.4 Å². The number of hydrogen-bond acceptors (Lipinski definition) is 6. The number of fused-ring (bicyclic) bond motifs is 2. The van der Waals surface area contributed by atoms with E-state index in [1.54, 1.807) is 18.3 Å². The van der Waals surface area contributed by atoms with Gasteiger partial charge in [0.1, 0.15) is 11.6 Å². The van der Waals surface area contributed by atoms with Gasteiger partial charge in [0.2, 0.25) is 5.91 Å². The Morgan fingerprint density at radius 2 is 2.03 bits per heavy atom. The maximum absolute atomic E-state index is 13.7. The molecule has 2 aromatic rings. The van der Waals surface area contributed by atoms with E-state index >= 15 is 0 Å². The zero-order chi connectivity index (χ0) is 23.8. The number of ether oxygens (including phenoxy) is 1. The molecule has 0 bridgehead atoms. The molecule has 1 aromatic heterocycles. The van der Waals surface area contributed by atoms with E-state index in [0.29, 0.717) is 52.9 Å². The number of rotatable bonds is 10. The van der Waals surface area contributed by atoms with E-state index in [1.165, 1.54) is 12.1 Å². The third kappa shape index (κ3) is 5.70. The predicted octanol–water partition coefficient (Wildman–Crippen LogP) is 3.45. The predicted molar refractivity (Wildman–Crippen MR) is 123 cm³/mol. The lowest BCUT2D eigenvalue weighted by molar-refractivity contribution is -0.125. The van der Waals surface area contributed by atoms with Crippen LogP contribution in [0.2, 0.25) is 0 Å². The monoisotopic (exact) mass is 476 g/mol. The minimum atomic E-state index is -3.50. The Morgan fingerprint density at radius 1 is 1.30 bits per heavy atom. The first kappa shape index (κ1) is 23.6. The van der Waals surface area contributed by atoms with Crippen LogP contribution < -0.4 is 10.1 Å². The standard InChI is InChI=1S/C24H29FN2O5S/c1-14(13-31-33(3,29)30)6-8-27-24(28)15(2)23-18-11-17(12-19(18)23)32-22-7-9-26-21-5-4-16(25)10-20(21)22/h4-5,7,9-10,15,17-19,23H,1,6,8,11-13H2,2-3H3,(H,27,28)/t15?,17?,18-,19+,23?. The van der Waals surface area contributed by atoms with E-state index in [4.69, 9.17) is 8.92 Å². The van der Waals surface area contributed by atoms with Crippen LogP contribution in [-0.4, -0.2) is 44.8 Å². The molecule has 1 amide bonds. The zero-order valence-electron chi connectivity index (χ0n) is 18.8. The maximum atomic E-state index is 13.7. The fourth-order valence-electron chi connectivity index (χ4n) is 5.02. The summed E-state index contributed by atoms with van der Waals surface area (Å²) in [5.41, 5.74) is 1.31. The van der Waals surface area contributed by atoms with E-state index in [0.717, 1.165) is 19.1 Å². The van der Waals surface area contributed by atoms with Crippen LogP contribution in [0.4, 0.5) is 4.39 Å². The first-order valence-corrected chi connectivity index (χ1v) is 12.9. The smallest absolute Gasteiger partial charge is 0.264 e. The molecule has 1 aromatic carbocycles. The van der Waals surface area contributed by atoms with Crippen molar-refractivity contribution in [3.8, 4) is 5.75 Å². The quantitative estimate of drug-likeness (QED) is 0.417. The summed E-state index contributed by atoms with van der Waals surface area (Å²) in [5, 5.41) is 3.59. The van der Waals surface area contributed by atoms with Gasteiger partial charge in [-0.05, 0) is 66.9 Å². The second kappa shape index (κ2) is 9.38. The van der Waals surface area contributed by atoms with Crippen LogP contribution in [-0.2, 0) is 19.1 Å². The molecule has 1 heterocycles. The molecule has 2 aliphatic rings. The van der Waals surface area contributed by atoms with Crippen LogP contribution in [0.15, 0.2) is 42.6 Å². The van der Waals surface area contributed by atoms with Crippen LogP contribution in [0.1, 0.15) is 26.2 Å². The molecule has 33 heavy (non-hydrogen) atoms. The van der Waals surface area contributed by atoms with Crippen LogP contribution in [0.25, 0.3) is 10.9 Å². The van der Waals surface area contributed by atoms with Gasteiger partial charge in [-0.15, -0.1) is 0 Å². The second-order valence-electron chi connectivity index (χ2n) is 9.13. The lowest BCUT2D eigenvalue weighted by Gasteiger charge is -2.20. The van der Waals surface area contributed by atoms with E-state index < -0.39 is 10.1 Å². The average Bonchev–Trinajstić information content (AvgIpc) is 3.26. The van der Waals surface area contributed by atoms with Crippen molar-refractivity contribution in [2.75, 3.05) is 19.4 Å². The molecule has 5 atom stereocenters. The number of benzene rings is 1. The van der Waals surface area contributed by atoms with Gasteiger partial charge in [0, 0.05) is 24.0 Å². The summed E-state index contributed by atoms with van der Waals surface area (Å²) in [4.78, 5) is 16.8. The molecular formula is C24H29FN2O5S. The van der Waals surface area contributed by atoms with Crippen LogP contribution in [0.5, 0.6) is 5.75 Å². The van der Waals surface area contributed by atoms with Crippen molar-refractivity contribution in [1.29, 1.82) is 0 Å². The second-order valence-corrected chi connectivity index (χ2v) is 10.8. The molecule has 4 rings (SSSR count). The third-order valence-electron chi connectivity index (χ3n) is 6.67. The fraction of sp³-hybridized carbons (Fsp3) is 0.500. The molecule has 2 aliphatic carbocycles. The summed E-state index contributed by atoms with van der Waals surface area (Å²) >= 11 is 0. The lowest BCUT2D eigenvalue weighted by Crippen LogP contribution is -2.32. The number of hydrogen-bond donors (Lipinski definition) is 1. The van der Waals surface area contributed by atoms with Crippen molar-refractivity contribution in [2.45, 2.75) is 32.3 Å². The Balaban J connectivity index is 1.22. The molecule has 2 fully saturated rings. The summed E-state index contributed by atoms with van der Waals surface area (Å²) in [6, 6.07) is 6.26. The number of carbonyl (C=O) groups excluding carboxylic acids is 1. The van der Waals surface area contributed by atoms with Crippen LogP contribution in [0, 0.1) is 29.5 Å². The molecular weight excluding hydrogens is 447 g/mol. The Kier molecular flexibility index (Phi) is 6.72. The molecule has 2 saturated carbocycles. The summed E-state index contributed by atoms with van der Waals surface area (Å²) in [7, 11) is -3.50. The Morgan fingerprint density at radius 3 is 2.73 bits per heavy atom. The highest BCUT2D eigenvalue weighted by Crippen LogP contribution is 2.61. The molecule has 1 N–H and O–H groups in total. The van der Waals surface area contributed by atoms with Gasteiger partial charge >= 0.3 is 0 Å². The first-order chi connectivity index (χ1) is 15.6. The number of nitrogens with zero attached hydrogens (tertiary/aromatic N) is 1. The molecule has 0 spiro atoms. The van der Waals surface area contributed by atoms with Crippen molar-refractivity contribution >= 4 is 26.9 Å². The summed E-state index contributed by atoms with van der Waals surface area (Å²) < 4.78 is 46.6. The van der Waals surface area contributed by atoms with Gasteiger partial charge in [0.25, 0.3) is 10.1 Å². The van der Waals surface area contributed by atoms with Gasteiger partial charge < -0.3 is 10.1 Å². The van der Waals surface area contributed by atoms with Gasteiger partial charge in [-0.1, -0.05) is 13.5 Å². The highest BCUT2D eigenvalue weighted by Gasteiger charge is 2.59. The highest BCUT2D eigenvalue weighted by atomic mass is 32.2. The number of pyridine rings is 1. The summed E-state index contributed by atoms with van der Waals surface area (Å²) in [6.07, 6.45) is 4.94. The first-order valence-electron chi connectivity index (χ1n) is 11.1. The minimum absolute atomic E-state index is 0.000646. The van der Waals surface area contributed by atoms with Gasteiger partial charge in [-0.25, -0.2) is 4.39 Å². The highest BCUT2D eigenvalue weighted by molar-refractivity contribution is 7.86. The Labute approximate surface area is 193 Å². The van der Waals surface area contributed by atoms with Crippen molar-refractivity contribution in [3.63, 3.8) is 0 Å². The van der Waals surface area contributed by atoms with Crippen LogP contribution in [0.3, 0.4) is 0 Å². The van der Waals surface area contributed by atoms with Crippen molar-refractivity contribution in [2.24, 2.45) is 23.7 Å². The van der Waals surface area contributed by atoms with Gasteiger partial charge in [-0.2, -0.15) is 8.42 Å². The SMILES string of the molecule is C=C(CCNC(=O)C(C)C1[C@H]2CC(Oc3ccnc4ccc(F)cc34)C[C@@H]12)COS(C)(=O)=O. The molecule has 0 saturated heterocycles. The number of amides is 1. The Bertz CT molecular complexity index is 1160.